The second kappa shape index (κ2) is 4.95. The van der Waals surface area contributed by atoms with Crippen molar-refractivity contribution in [1.29, 1.82) is 0 Å². The first-order chi connectivity index (χ1) is 6.09. The van der Waals surface area contributed by atoms with Gasteiger partial charge in [-0.3, -0.25) is 0 Å². The summed E-state index contributed by atoms with van der Waals surface area (Å²) in [6.07, 6.45) is 3.58. The Labute approximate surface area is 96.7 Å². The van der Waals surface area contributed by atoms with E-state index >= 15 is 0 Å². The number of aromatic nitrogens is 2. The normalized spacial score (nSPS) is 12.6. The molecule has 0 radical (unpaired) electrons. The van der Waals surface area contributed by atoms with Crippen LogP contribution in [0.4, 0.5) is 5.95 Å². The van der Waals surface area contributed by atoms with Gasteiger partial charge in [-0.2, -0.15) is 0 Å². The summed E-state index contributed by atoms with van der Waals surface area (Å²) in [6.45, 7) is 2.70. The van der Waals surface area contributed by atoms with Gasteiger partial charge < -0.3 is 4.90 Å². The van der Waals surface area contributed by atoms with E-state index in [-0.39, 0.29) is 5.38 Å². The summed E-state index contributed by atoms with van der Waals surface area (Å²) in [5.74, 6) is 0.716. The first-order valence-corrected chi connectivity index (χ1v) is 5.44. The fraction of sp³-hybridized carbons (Fsp3) is 0.500. The van der Waals surface area contributed by atoms with Crippen molar-refractivity contribution < 1.29 is 0 Å². The predicted octanol–water partition coefficient (Wildman–Crippen LogP) is 2.14. The van der Waals surface area contributed by atoms with Crippen molar-refractivity contribution in [2.24, 2.45) is 0 Å². The number of halogens is 2. The third kappa shape index (κ3) is 3.64. The molecule has 0 bridgehead atoms. The van der Waals surface area contributed by atoms with Gasteiger partial charge in [0.2, 0.25) is 5.95 Å². The minimum absolute atomic E-state index is 0.105. The minimum Gasteiger partial charge on any atom is -0.342 e. The second-order valence-corrected chi connectivity index (χ2v) is 4.85. The summed E-state index contributed by atoms with van der Waals surface area (Å²) in [4.78, 5) is 10.3. The maximum absolute atomic E-state index is 5.86. The lowest BCUT2D eigenvalue weighted by Gasteiger charge is -2.17. The van der Waals surface area contributed by atoms with E-state index in [0.29, 0.717) is 5.95 Å². The first kappa shape index (κ1) is 11.0. The molecule has 3 nitrogen and oxygen atoms in total. The van der Waals surface area contributed by atoms with Gasteiger partial charge in [0.25, 0.3) is 0 Å². The molecule has 0 saturated heterocycles. The highest BCUT2D eigenvalue weighted by atomic mass is 127. The summed E-state index contributed by atoms with van der Waals surface area (Å²) in [5, 5.41) is 0.105. The zero-order valence-electron chi connectivity index (χ0n) is 7.54. The number of anilines is 1. The molecule has 0 aromatic carbocycles. The van der Waals surface area contributed by atoms with Crippen LogP contribution in [0.1, 0.15) is 6.92 Å². The van der Waals surface area contributed by atoms with Crippen LogP contribution >= 0.6 is 34.2 Å². The number of hydrogen-bond donors (Lipinski definition) is 0. The molecular formula is C8H11ClIN3. The molecule has 1 atom stereocenters. The Kier molecular flexibility index (Phi) is 4.18. The summed E-state index contributed by atoms with van der Waals surface area (Å²) in [5.41, 5.74) is 0. The Morgan fingerprint density at radius 1 is 1.54 bits per heavy atom. The molecule has 0 amide bonds. The summed E-state index contributed by atoms with van der Waals surface area (Å²) < 4.78 is 1.04. The number of rotatable bonds is 3. The van der Waals surface area contributed by atoms with Crippen molar-refractivity contribution in [1.82, 2.24) is 9.97 Å². The Hall–Kier alpha value is -0.100. The van der Waals surface area contributed by atoms with Crippen LogP contribution in [0.3, 0.4) is 0 Å². The zero-order valence-corrected chi connectivity index (χ0v) is 10.5. The molecule has 0 aliphatic rings. The molecular weight excluding hydrogens is 300 g/mol. The van der Waals surface area contributed by atoms with Gasteiger partial charge in [0.15, 0.2) is 0 Å². The lowest BCUT2D eigenvalue weighted by Crippen LogP contribution is -2.25. The van der Waals surface area contributed by atoms with Crippen LogP contribution in [-0.2, 0) is 0 Å². The van der Waals surface area contributed by atoms with Gasteiger partial charge in [-0.05, 0) is 29.5 Å². The maximum Gasteiger partial charge on any atom is 0.225 e. The molecule has 5 heteroatoms. The molecule has 1 unspecified atom stereocenters. The standard InChI is InChI=1S/C8H11ClIN3/c1-6(9)5-13(2)8-11-3-7(10)4-12-8/h3-4,6H,5H2,1-2H3. The van der Waals surface area contributed by atoms with Crippen molar-refractivity contribution in [3.63, 3.8) is 0 Å². The van der Waals surface area contributed by atoms with Crippen LogP contribution in [-0.4, -0.2) is 28.9 Å². The van der Waals surface area contributed by atoms with Gasteiger partial charge in [0.1, 0.15) is 0 Å². The maximum atomic E-state index is 5.86. The van der Waals surface area contributed by atoms with Crippen molar-refractivity contribution in [3.05, 3.63) is 16.0 Å². The molecule has 0 saturated carbocycles. The molecule has 1 rings (SSSR count). The average Bonchev–Trinajstić information content (AvgIpc) is 2.04. The van der Waals surface area contributed by atoms with Gasteiger partial charge in [0, 0.05) is 34.9 Å². The van der Waals surface area contributed by atoms with Gasteiger partial charge in [-0.25, -0.2) is 9.97 Å². The second-order valence-electron chi connectivity index (χ2n) is 2.86. The van der Waals surface area contributed by atoms with E-state index in [9.17, 15) is 0 Å². The quantitative estimate of drug-likeness (QED) is 0.633. The number of hydrogen-bond acceptors (Lipinski definition) is 3. The van der Waals surface area contributed by atoms with Crippen LogP contribution < -0.4 is 4.90 Å². The van der Waals surface area contributed by atoms with Crippen LogP contribution in [0, 0.1) is 3.57 Å². The number of alkyl halides is 1. The Morgan fingerprint density at radius 3 is 2.54 bits per heavy atom. The highest BCUT2D eigenvalue weighted by molar-refractivity contribution is 14.1. The molecule has 0 spiro atoms. The molecule has 1 aromatic heterocycles. The minimum atomic E-state index is 0.105. The molecule has 0 N–H and O–H groups in total. The van der Waals surface area contributed by atoms with E-state index in [1.807, 2.05) is 18.9 Å². The molecule has 0 fully saturated rings. The fourth-order valence-corrected chi connectivity index (χ4v) is 1.45. The van der Waals surface area contributed by atoms with Gasteiger partial charge in [0.05, 0.1) is 0 Å². The van der Waals surface area contributed by atoms with E-state index in [1.165, 1.54) is 0 Å². The largest absolute Gasteiger partial charge is 0.342 e. The lowest BCUT2D eigenvalue weighted by molar-refractivity contribution is 0.823. The third-order valence-electron chi connectivity index (χ3n) is 1.47. The molecule has 13 heavy (non-hydrogen) atoms. The Balaban J connectivity index is 2.66. The van der Waals surface area contributed by atoms with Crippen molar-refractivity contribution >= 4 is 40.1 Å². The van der Waals surface area contributed by atoms with E-state index in [0.717, 1.165) is 10.1 Å². The van der Waals surface area contributed by atoms with Crippen LogP contribution in [0.15, 0.2) is 12.4 Å². The Morgan fingerprint density at radius 2 is 2.08 bits per heavy atom. The monoisotopic (exact) mass is 311 g/mol. The SMILES string of the molecule is CC(Cl)CN(C)c1ncc(I)cn1. The van der Waals surface area contributed by atoms with Crippen LogP contribution in [0.25, 0.3) is 0 Å². The zero-order chi connectivity index (χ0) is 9.84. The van der Waals surface area contributed by atoms with Gasteiger partial charge >= 0.3 is 0 Å². The summed E-state index contributed by atoms with van der Waals surface area (Å²) in [6, 6.07) is 0. The molecule has 1 aromatic rings. The highest BCUT2D eigenvalue weighted by Crippen LogP contribution is 2.08. The van der Waals surface area contributed by atoms with Gasteiger partial charge in [-0.15, -0.1) is 11.6 Å². The highest BCUT2D eigenvalue weighted by Gasteiger charge is 2.06. The van der Waals surface area contributed by atoms with Crippen LogP contribution in [0.2, 0.25) is 0 Å². The van der Waals surface area contributed by atoms with E-state index < -0.39 is 0 Å². The van der Waals surface area contributed by atoms with Crippen LogP contribution in [0.5, 0.6) is 0 Å². The van der Waals surface area contributed by atoms with Crippen molar-refractivity contribution in [2.45, 2.75) is 12.3 Å². The topological polar surface area (TPSA) is 29.0 Å². The average molecular weight is 312 g/mol. The molecule has 72 valence electrons. The van der Waals surface area contributed by atoms with Crippen molar-refractivity contribution in [3.8, 4) is 0 Å². The Bertz CT molecular complexity index is 263. The van der Waals surface area contributed by atoms with E-state index in [4.69, 9.17) is 11.6 Å². The number of nitrogens with zero attached hydrogens (tertiary/aromatic N) is 3. The third-order valence-corrected chi connectivity index (χ3v) is 2.17. The summed E-state index contributed by atoms with van der Waals surface area (Å²) >= 11 is 8.03. The molecule has 1 heterocycles. The van der Waals surface area contributed by atoms with Crippen molar-refractivity contribution in [2.75, 3.05) is 18.5 Å². The first-order valence-electron chi connectivity index (χ1n) is 3.92. The van der Waals surface area contributed by atoms with E-state index in [2.05, 4.69) is 32.6 Å². The van der Waals surface area contributed by atoms with E-state index in [1.54, 1.807) is 12.4 Å². The fourth-order valence-electron chi connectivity index (χ4n) is 0.962. The molecule has 0 aliphatic heterocycles. The molecule has 0 aliphatic carbocycles. The predicted molar refractivity (Wildman–Crippen MR) is 63.3 cm³/mol. The lowest BCUT2D eigenvalue weighted by atomic mass is 10.4. The smallest absolute Gasteiger partial charge is 0.225 e. The van der Waals surface area contributed by atoms with Gasteiger partial charge in [-0.1, -0.05) is 0 Å². The summed E-state index contributed by atoms with van der Waals surface area (Å²) in [7, 11) is 1.93.